The zero-order valence-corrected chi connectivity index (χ0v) is 17.1. The molecule has 6 rings (SSSR count). The zero-order valence-electron chi connectivity index (χ0n) is 17.1. The molecular formula is C20H26O10. The van der Waals surface area contributed by atoms with E-state index in [4.69, 9.17) is 18.9 Å². The van der Waals surface area contributed by atoms with Crippen LogP contribution < -0.4 is 0 Å². The maximum absolute atomic E-state index is 13.4. The van der Waals surface area contributed by atoms with Crippen LogP contribution in [0.15, 0.2) is 0 Å². The van der Waals surface area contributed by atoms with Gasteiger partial charge in [0.15, 0.2) is 12.4 Å². The number of carbonyl (C=O) groups is 2. The quantitative estimate of drug-likeness (QED) is 0.334. The highest BCUT2D eigenvalue weighted by Crippen LogP contribution is 2.84. The molecule has 10 nitrogen and oxygen atoms in total. The molecule has 6 aliphatic rings. The van der Waals surface area contributed by atoms with Crippen LogP contribution in [-0.2, 0) is 28.5 Å². The minimum atomic E-state index is -2.15. The van der Waals surface area contributed by atoms with E-state index in [1.165, 1.54) is 6.92 Å². The van der Waals surface area contributed by atoms with E-state index >= 15 is 0 Å². The number of fused-ring (bicyclic) bond motifs is 1. The second kappa shape index (κ2) is 4.87. The summed E-state index contributed by atoms with van der Waals surface area (Å²) in [5.41, 5.74) is -8.01. The van der Waals surface area contributed by atoms with Gasteiger partial charge in [-0.1, -0.05) is 27.7 Å². The van der Waals surface area contributed by atoms with Crippen LogP contribution >= 0.6 is 0 Å². The van der Waals surface area contributed by atoms with Crippen LogP contribution in [-0.4, -0.2) is 80.6 Å². The first-order valence-corrected chi connectivity index (χ1v) is 10.4. The van der Waals surface area contributed by atoms with Crippen LogP contribution in [0, 0.1) is 28.1 Å². The Morgan fingerprint density at radius 3 is 2.40 bits per heavy atom. The van der Waals surface area contributed by atoms with Gasteiger partial charge in [-0.15, -0.1) is 0 Å². The summed E-state index contributed by atoms with van der Waals surface area (Å²) in [4.78, 5) is 25.9. The fourth-order valence-corrected chi connectivity index (χ4v) is 8.25. The molecule has 0 bridgehead atoms. The third-order valence-corrected chi connectivity index (χ3v) is 9.15. The van der Waals surface area contributed by atoms with Crippen LogP contribution in [0.5, 0.6) is 0 Å². The summed E-state index contributed by atoms with van der Waals surface area (Å²) < 4.78 is 22.8. The number of aliphatic hydroxyl groups excluding tert-OH is 3. The molecule has 12 atom stereocenters. The van der Waals surface area contributed by atoms with Gasteiger partial charge in [0.05, 0.1) is 16.9 Å². The Balaban J connectivity index is 1.71. The lowest BCUT2D eigenvalue weighted by atomic mass is 9.51. The van der Waals surface area contributed by atoms with E-state index in [9.17, 15) is 30.0 Å². The van der Waals surface area contributed by atoms with Gasteiger partial charge < -0.3 is 39.4 Å². The average molecular weight is 426 g/mol. The molecule has 0 aromatic rings. The molecule has 10 heteroatoms. The number of hydrogen-bond acceptors (Lipinski definition) is 10. The SMILES string of the molecule is C[C@@H]1C(O)OC2[C@H](O)C34C5CC(C(C)(C)C)C36[C@@H](OC(=O)[C@@H]6O)O[C@@]4(C(=O)O5)[C@]21O. The third kappa shape index (κ3) is 1.39. The van der Waals surface area contributed by atoms with Gasteiger partial charge in [0, 0.05) is 5.92 Å². The highest BCUT2D eigenvalue weighted by atomic mass is 16.8. The van der Waals surface area contributed by atoms with Gasteiger partial charge in [-0.3, -0.25) is 0 Å². The molecule has 2 saturated carbocycles. The van der Waals surface area contributed by atoms with Gasteiger partial charge >= 0.3 is 11.9 Å². The normalized spacial score (nSPS) is 62.8. The van der Waals surface area contributed by atoms with Crippen LogP contribution in [0.4, 0.5) is 0 Å². The van der Waals surface area contributed by atoms with Crippen molar-refractivity contribution in [1.82, 2.24) is 0 Å². The number of ether oxygens (including phenoxy) is 4. The molecular weight excluding hydrogens is 400 g/mol. The van der Waals surface area contributed by atoms with Crippen LogP contribution in [0.3, 0.4) is 0 Å². The van der Waals surface area contributed by atoms with Gasteiger partial charge in [-0.2, -0.15) is 0 Å². The van der Waals surface area contributed by atoms with Crippen molar-refractivity contribution >= 4 is 11.9 Å². The van der Waals surface area contributed by atoms with E-state index in [1.807, 2.05) is 20.8 Å². The number of carbonyl (C=O) groups excluding carboxylic acids is 2. The van der Waals surface area contributed by atoms with Crippen LogP contribution in [0.25, 0.3) is 0 Å². The molecule has 0 amide bonds. The van der Waals surface area contributed by atoms with Crippen molar-refractivity contribution < 1.29 is 49.0 Å². The lowest BCUT2D eigenvalue weighted by molar-refractivity contribution is -0.239. The fraction of sp³-hybridized carbons (Fsp3) is 0.900. The predicted octanol–water partition coefficient (Wildman–Crippen LogP) is -1.58. The maximum Gasteiger partial charge on any atom is 0.342 e. The summed E-state index contributed by atoms with van der Waals surface area (Å²) in [6.07, 6.45) is -8.09. The third-order valence-electron chi connectivity index (χ3n) is 9.15. The first kappa shape index (κ1) is 19.4. The van der Waals surface area contributed by atoms with Crippen molar-refractivity contribution in [2.24, 2.45) is 28.1 Å². The molecule has 4 N–H and O–H groups in total. The van der Waals surface area contributed by atoms with E-state index in [0.29, 0.717) is 0 Å². The molecule has 6 fully saturated rings. The summed E-state index contributed by atoms with van der Waals surface area (Å²) in [6.45, 7) is 7.28. The molecule has 2 spiro atoms. The lowest BCUT2D eigenvalue weighted by Crippen LogP contribution is -2.67. The number of rotatable bonds is 0. The van der Waals surface area contributed by atoms with Crippen molar-refractivity contribution in [3.05, 3.63) is 0 Å². The second-order valence-corrected chi connectivity index (χ2v) is 10.8. The molecule has 2 aliphatic carbocycles. The van der Waals surface area contributed by atoms with Crippen molar-refractivity contribution in [3.63, 3.8) is 0 Å². The Morgan fingerprint density at radius 1 is 1.10 bits per heavy atom. The van der Waals surface area contributed by atoms with Crippen LogP contribution in [0.2, 0.25) is 0 Å². The molecule has 6 unspecified atom stereocenters. The van der Waals surface area contributed by atoms with Crippen molar-refractivity contribution in [3.8, 4) is 0 Å². The van der Waals surface area contributed by atoms with Gasteiger partial charge in [0.1, 0.15) is 17.8 Å². The molecule has 4 heterocycles. The van der Waals surface area contributed by atoms with E-state index < -0.39 is 88.2 Å². The van der Waals surface area contributed by atoms with Gasteiger partial charge in [0.25, 0.3) is 0 Å². The minimum Gasteiger partial charge on any atom is -0.459 e. The molecule has 4 aliphatic heterocycles. The zero-order chi connectivity index (χ0) is 21.8. The fourth-order valence-electron chi connectivity index (χ4n) is 8.25. The second-order valence-electron chi connectivity index (χ2n) is 10.8. The number of aliphatic hydroxyl groups is 4. The molecule has 0 radical (unpaired) electrons. The van der Waals surface area contributed by atoms with E-state index in [0.717, 1.165) is 0 Å². The summed E-state index contributed by atoms with van der Waals surface area (Å²) in [5, 5.41) is 45.1. The summed E-state index contributed by atoms with van der Waals surface area (Å²) >= 11 is 0. The monoisotopic (exact) mass is 426 g/mol. The molecule has 0 aromatic heterocycles. The van der Waals surface area contributed by atoms with Crippen molar-refractivity contribution in [2.45, 2.75) is 82.3 Å². The predicted molar refractivity (Wildman–Crippen MR) is 93.0 cm³/mol. The smallest absolute Gasteiger partial charge is 0.342 e. The largest absolute Gasteiger partial charge is 0.459 e. The van der Waals surface area contributed by atoms with E-state index in [2.05, 4.69) is 0 Å². The lowest BCUT2D eigenvalue weighted by Gasteiger charge is -2.47. The van der Waals surface area contributed by atoms with Gasteiger partial charge in [0.2, 0.25) is 11.9 Å². The van der Waals surface area contributed by atoms with Crippen molar-refractivity contribution in [2.75, 3.05) is 0 Å². The summed E-state index contributed by atoms with van der Waals surface area (Å²) in [5.74, 6) is -3.26. The maximum atomic E-state index is 13.4. The molecule has 166 valence electrons. The molecule has 4 saturated heterocycles. The Kier molecular flexibility index (Phi) is 3.15. The Labute approximate surface area is 172 Å². The van der Waals surface area contributed by atoms with E-state index in [-0.39, 0.29) is 6.42 Å². The highest BCUT2D eigenvalue weighted by molar-refractivity contribution is 5.91. The topological polar surface area (TPSA) is 152 Å². The number of esters is 2. The number of hydrogen-bond donors (Lipinski definition) is 4. The Hall–Kier alpha value is -1.30. The Bertz CT molecular complexity index is 883. The first-order valence-electron chi connectivity index (χ1n) is 10.4. The molecule has 30 heavy (non-hydrogen) atoms. The molecule has 0 aromatic carbocycles. The first-order chi connectivity index (χ1) is 13.8. The van der Waals surface area contributed by atoms with Gasteiger partial charge in [-0.05, 0) is 17.8 Å². The summed E-state index contributed by atoms with van der Waals surface area (Å²) in [7, 11) is 0. The van der Waals surface area contributed by atoms with Gasteiger partial charge in [-0.25, -0.2) is 9.59 Å². The highest BCUT2D eigenvalue weighted by Gasteiger charge is 3.03. The summed E-state index contributed by atoms with van der Waals surface area (Å²) in [6, 6.07) is 0. The van der Waals surface area contributed by atoms with E-state index in [1.54, 1.807) is 0 Å². The van der Waals surface area contributed by atoms with Crippen LogP contribution in [0.1, 0.15) is 34.1 Å². The Morgan fingerprint density at radius 2 is 1.77 bits per heavy atom. The standard InChI is InChI=1S/C20H26O10/c1-6-12(23)28-11-9(21)18-8-5-7(16(2,3)4)17(18)10(22)13(24)29-15(17)30-20(18,14(25)27-8)19(6,11)26/h6-12,15,21-23,26H,5H2,1-4H3/t6-,7?,8?,9+,10+,11?,12?,15+,17?,18?,19-,20-/m1/s1. The minimum absolute atomic E-state index is 0.251. The average Bonchev–Trinajstić information content (AvgIpc) is 3.35. The van der Waals surface area contributed by atoms with Crippen molar-refractivity contribution in [1.29, 1.82) is 0 Å².